The van der Waals surface area contributed by atoms with Gasteiger partial charge in [-0.05, 0) is 82.1 Å². The van der Waals surface area contributed by atoms with Gasteiger partial charge in [0, 0.05) is 22.7 Å². The third-order valence-corrected chi connectivity index (χ3v) is 5.84. The summed E-state index contributed by atoms with van der Waals surface area (Å²) in [6, 6.07) is 11.5. The first kappa shape index (κ1) is 23.2. The number of carbonyl (C=O) groups excluding carboxylic acids is 1. The highest BCUT2D eigenvalue weighted by Crippen LogP contribution is 2.22. The lowest BCUT2D eigenvalue weighted by Gasteiger charge is -2.20. The molecule has 0 spiro atoms. The van der Waals surface area contributed by atoms with Crippen molar-refractivity contribution in [2.24, 2.45) is 0 Å². The normalized spacial score (nSPS) is 11.9. The lowest BCUT2D eigenvalue weighted by Crippen LogP contribution is -2.40. The molecule has 0 saturated carbocycles. The zero-order chi connectivity index (χ0) is 21.7. The molecule has 0 aliphatic carbocycles. The summed E-state index contributed by atoms with van der Waals surface area (Å²) < 4.78 is 32.9. The number of rotatable bonds is 8. The highest BCUT2D eigenvalue weighted by atomic mass is 35.5. The van der Waals surface area contributed by atoms with E-state index in [-0.39, 0.29) is 17.2 Å². The third-order valence-electron chi connectivity index (χ3n) is 3.83. The molecule has 2 rings (SSSR count). The van der Waals surface area contributed by atoms with Gasteiger partial charge in [-0.3, -0.25) is 4.79 Å². The van der Waals surface area contributed by atoms with Crippen LogP contribution in [0.1, 0.15) is 39.2 Å². The fraction of sp³-hybridized carbons (Fsp3) is 0.381. The minimum Gasteiger partial charge on any atom is -0.493 e. The van der Waals surface area contributed by atoms with Gasteiger partial charge < -0.3 is 10.1 Å². The molecular weight excluding hydrogens is 412 g/mol. The molecule has 0 bridgehead atoms. The highest BCUT2D eigenvalue weighted by Gasteiger charge is 2.21. The van der Waals surface area contributed by atoms with Crippen LogP contribution in [0, 0.1) is 6.92 Å². The van der Waals surface area contributed by atoms with Crippen molar-refractivity contribution in [1.82, 2.24) is 4.72 Å². The molecule has 158 valence electrons. The number of benzene rings is 2. The zero-order valence-corrected chi connectivity index (χ0v) is 18.7. The second-order valence-corrected chi connectivity index (χ2v) is 9.91. The average molecular weight is 439 g/mol. The molecule has 0 aliphatic heterocycles. The first-order chi connectivity index (χ1) is 13.5. The summed E-state index contributed by atoms with van der Waals surface area (Å²) in [5.41, 5.74) is 0.912. The number of halogens is 1. The topological polar surface area (TPSA) is 84.5 Å². The summed E-state index contributed by atoms with van der Waals surface area (Å²) in [7, 11) is -3.60. The largest absolute Gasteiger partial charge is 0.493 e. The van der Waals surface area contributed by atoms with Crippen molar-refractivity contribution in [2.75, 3.05) is 11.9 Å². The van der Waals surface area contributed by atoms with E-state index in [1.807, 2.05) is 19.1 Å². The number of carbonyl (C=O) groups is 1. The van der Waals surface area contributed by atoms with Gasteiger partial charge in [0.1, 0.15) is 5.75 Å². The van der Waals surface area contributed by atoms with Gasteiger partial charge in [-0.1, -0.05) is 11.6 Å². The lowest BCUT2D eigenvalue weighted by molar-refractivity contribution is -0.116. The lowest BCUT2D eigenvalue weighted by atomic mass is 10.1. The van der Waals surface area contributed by atoms with Crippen molar-refractivity contribution in [3.05, 3.63) is 53.1 Å². The van der Waals surface area contributed by atoms with E-state index >= 15 is 0 Å². The van der Waals surface area contributed by atoms with Crippen molar-refractivity contribution in [3.8, 4) is 5.75 Å². The van der Waals surface area contributed by atoms with Gasteiger partial charge in [0.05, 0.1) is 11.5 Å². The molecule has 0 saturated heterocycles. The molecule has 2 aromatic carbocycles. The molecule has 0 unspecified atom stereocenters. The smallest absolute Gasteiger partial charge is 0.241 e. The predicted octanol–water partition coefficient (Wildman–Crippen LogP) is 4.52. The summed E-state index contributed by atoms with van der Waals surface area (Å²) in [5, 5.41) is 3.41. The Morgan fingerprint density at radius 1 is 1.10 bits per heavy atom. The number of ether oxygens (including phenoxy) is 1. The Bertz CT molecular complexity index is 952. The molecule has 6 nitrogen and oxygen atoms in total. The Morgan fingerprint density at radius 3 is 2.34 bits per heavy atom. The highest BCUT2D eigenvalue weighted by molar-refractivity contribution is 7.89. The van der Waals surface area contributed by atoms with Crippen LogP contribution in [0.25, 0.3) is 0 Å². The molecule has 0 radical (unpaired) electrons. The number of nitrogens with one attached hydrogen (secondary N) is 2. The maximum absolute atomic E-state index is 12.3. The Balaban J connectivity index is 1.82. The van der Waals surface area contributed by atoms with Crippen LogP contribution in [0.5, 0.6) is 5.75 Å². The minimum absolute atomic E-state index is 0.150. The van der Waals surface area contributed by atoms with Crippen LogP contribution in [0.15, 0.2) is 47.4 Å². The van der Waals surface area contributed by atoms with E-state index < -0.39 is 15.6 Å². The quantitative estimate of drug-likeness (QED) is 0.593. The molecule has 0 aliphatic rings. The Kier molecular flexibility index (Phi) is 7.68. The monoisotopic (exact) mass is 438 g/mol. The number of hydrogen-bond acceptors (Lipinski definition) is 4. The minimum atomic E-state index is -3.60. The Morgan fingerprint density at radius 2 is 1.76 bits per heavy atom. The van der Waals surface area contributed by atoms with Crippen molar-refractivity contribution < 1.29 is 17.9 Å². The summed E-state index contributed by atoms with van der Waals surface area (Å²) in [6.45, 7) is 7.64. The zero-order valence-electron chi connectivity index (χ0n) is 17.1. The van der Waals surface area contributed by atoms with E-state index in [0.29, 0.717) is 23.7 Å². The van der Waals surface area contributed by atoms with Crippen LogP contribution in [0.2, 0.25) is 5.02 Å². The van der Waals surface area contributed by atoms with Gasteiger partial charge in [0.25, 0.3) is 0 Å². The number of amides is 1. The fourth-order valence-corrected chi connectivity index (χ4v) is 4.24. The maximum atomic E-state index is 12.3. The molecule has 29 heavy (non-hydrogen) atoms. The second-order valence-electron chi connectivity index (χ2n) is 7.79. The Labute approximate surface area is 177 Å². The molecule has 0 aromatic heterocycles. The van der Waals surface area contributed by atoms with E-state index in [1.54, 1.807) is 39.0 Å². The molecule has 2 aromatic rings. The van der Waals surface area contributed by atoms with E-state index in [1.165, 1.54) is 12.1 Å². The van der Waals surface area contributed by atoms with Crippen molar-refractivity contribution >= 4 is 33.2 Å². The van der Waals surface area contributed by atoms with Crippen molar-refractivity contribution in [3.63, 3.8) is 0 Å². The van der Waals surface area contributed by atoms with Gasteiger partial charge in [-0.15, -0.1) is 0 Å². The SMILES string of the molecule is Cc1cc(Cl)ccc1OCCCC(=O)Nc1ccc(S(=O)(=O)NC(C)(C)C)cc1. The summed E-state index contributed by atoms with van der Waals surface area (Å²) >= 11 is 5.91. The van der Waals surface area contributed by atoms with E-state index in [0.717, 1.165) is 11.3 Å². The maximum Gasteiger partial charge on any atom is 0.241 e. The second kappa shape index (κ2) is 9.61. The van der Waals surface area contributed by atoms with Gasteiger partial charge in [-0.2, -0.15) is 0 Å². The predicted molar refractivity (Wildman–Crippen MR) is 116 cm³/mol. The summed E-state index contributed by atoms with van der Waals surface area (Å²) in [6.07, 6.45) is 0.841. The molecule has 0 fully saturated rings. The van der Waals surface area contributed by atoms with Crippen molar-refractivity contribution in [2.45, 2.75) is 51.0 Å². The van der Waals surface area contributed by atoms with E-state index in [2.05, 4.69) is 10.0 Å². The van der Waals surface area contributed by atoms with Crippen LogP contribution in [-0.4, -0.2) is 26.5 Å². The average Bonchev–Trinajstić information content (AvgIpc) is 2.58. The molecule has 0 atom stereocenters. The van der Waals surface area contributed by atoms with E-state index in [4.69, 9.17) is 16.3 Å². The van der Waals surface area contributed by atoms with E-state index in [9.17, 15) is 13.2 Å². The third kappa shape index (κ3) is 7.68. The molecule has 1 amide bonds. The van der Waals surface area contributed by atoms with Gasteiger partial charge in [0.15, 0.2) is 0 Å². The van der Waals surface area contributed by atoms with Gasteiger partial charge in [-0.25, -0.2) is 13.1 Å². The van der Waals surface area contributed by atoms with Crippen LogP contribution >= 0.6 is 11.6 Å². The van der Waals surface area contributed by atoms with Gasteiger partial charge in [0.2, 0.25) is 15.9 Å². The first-order valence-electron chi connectivity index (χ1n) is 9.29. The molecule has 0 heterocycles. The van der Waals surface area contributed by atoms with Crippen LogP contribution in [0.4, 0.5) is 5.69 Å². The Hall–Kier alpha value is -2.09. The van der Waals surface area contributed by atoms with Crippen molar-refractivity contribution in [1.29, 1.82) is 0 Å². The van der Waals surface area contributed by atoms with Crippen LogP contribution < -0.4 is 14.8 Å². The molecule has 2 N–H and O–H groups in total. The summed E-state index contributed by atoms with van der Waals surface area (Å²) in [5.74, 6) is 0.584. The number of hydrogen-bond donors (Lipinski definition) is 2. The first-order valence-corrected chi connectivity index (χ1v) is 11.2. The van der Waals surface area contributed by atoms with Gasteiger partial charge >= 0.3 is 0 Å². The number of sulfonamides is 1. The molecule has 8 heteroatoms. The number of aryl methyl sites for hydroxylation is 1. The van der Waals surface area contributed by atoms with Crippen LogP contribution in [-0.2, 0) is 14.8 Å². The summed E-state index contributed by atoms with van der Waals surface area (Å²) in [4.78, 5) is 12.2. The number of anilines is 1. The fourth-order valence-electron chi connectivity index (χ4n) is 2.59. The van der Waals surface area contributed by atoms with Crippen LogP contribution in [0.3, 0.4) is 0 Å². The standard InChI is InChI=1S/C21H27ClN2O4S/c1-15-14-16(22)7-12-19(15)28-13-5-6-20(25)23-17-8-10-18(11-9-17)29(26,27)24-21(2,3)4/h7-12,14,24H,5-6,13H2,1-4H3,(H,23,25). The molecular formula is C21H27ClN2O4S.